The van der Waals surface area contributed by atoms with Crippen LogP contribution in [-0.4, -0.2) is 57.1 Å². The summed E-state index contributed by atoms with van der Waals surface area (Å²) in [6.07, 6.45) is 3.65. The Balaban J connectivity index is 1.45. The molecule has 1 atom stereocenters. The lowest BCUT2D eigenvalue weighted by atomic mass is 10.1. The normalized spacial score (nSPS) is 22.2. The van der Waals surface area contributed by atoms with E-state index in [0.717, 1.165) is 31.4 Å². The van der Waals surface area contributed by atoms with Crippen molar-refractivity contribution in [2.45, 2.75) is 49.2 Å². The molecule has 2 saturated heterocycles. The first-order chi connectivity index (χ1) is 12.5. The van der Waals surface area contributed by atoms with Crippen LogP contribution in [0, 0.1) is 0 Å². The predicted molar refractivity (Wildman–Crippen MR) is 98.6 cm³/mol. The number of carbonyl (C=O) groups excluding carboxylic acids is 1. The molecule has 2 aliphatic rings. The first kappa shape index (κ1) is 19.2. The molecule has 0 saturated carbocycles. The van der Waals surface area contributed by atoms with E-state index in [1.165, 1.54) is 0 Å². The molecule has 2 fully saturated rings. The van der Waals surface area contributed by atoms with E-state index in [0.29, 0.717) is 25.9 Å². The molecule has 6 nitrogen and oxygen atoms in total. The van der Waals surface area contributed by atoms with Crippen molar-refractivity contribution in [3.8, 4) is 0 Å². The molecule has 1 aromatic rings. The molecular formula is C19H27NO5S. The van der Waals surface area contributed by atoms with E-state index in [1.54, 1.807) is 4.90 Å². The fraction of sp³-hybridized carbons (Fsp3) is 0.632. The number of nitrogens with zero attached hydrogens (tertiary/aromatic N) is 1. The van der Waals surface area contributed by atoms with Gasteiger partial charge in [0.1, 0.15) is 6.61 Å². The van der Waals surface area contributed by atoms with Crippen LogP contribution in [-0.2, 0) is 25.1 Å². The molecule has 0 bridgehead atoms. The maximum atomic E-state index is 12.6. The van der Waals surface area contributed by atoms with Crippen LogP contribution in [0.2, 0.25) is 0 Å². The van der Waals surface area contributed by atoms with E-state index >= 15 is 0 Å². The van der Waals surface area contributed by atoms with Gasteiger partial charge < -0.3 is 14.4 Å². The number of amides is 1. The van der Waals surface area contributed by atoms with Crippen LogP contribution >= 0.6 is 0 Å². The minimum absolute atomic E-state index is 0.00325. The predicted octanol–water partition coefficient (Wildman–Crippen LogP) is 2.77. The Morgan fingerprint density at radius 3 is 2.50 bits per heavy atom. The van der Waals surface area contributed by atoms with Crippen LogP contribution in [0.4, 0.5) is 4.79 Å². The number of likely N-dealkylation sites (tertiary alicyclic amines) is 1. The van der Waals surface area contributed by atoms with Crippen LogP contribution in [0.25, 0.3) is 0 Å². The van der Waals surface area contributed by atoms with Gasteiger partial charge in [-0.2, -0.15) is 0 Å². The summed E-state index contributed by atoms with van der Waals surface area (Å²) in [5.74, 6) is 0.0575. The molecule has 3 rings (SSSR count). The quantitative estimate of drug-likeness (QED) is 0.784. The molecule has 2 aliphatic heterocycles. The summed E-state index contributed by atoms with van der Waals surface area (Å²) in [6.45, 7) is 1.85. The van der Waals surface area contributed by atoms with Crippen LogP contribution < -0.4 is 0 Å². The van der Waals surface area contributed by atoms with E-state index in [2.05, 4.69) is 0 Å². The largest absolute Gasteiger partial charge is 0.447 e. The molecule has 1 aromatic carbocycles. The highest BCUT2D eigenvalue weighted by Gasteiger charge is 2.32. The van der Waals surface area contributed by atoms with Crippen molar-refractivity contribution in [3.63, 3.8) is 0 Å². The van der Waals surface area contributed by atoms with Gasteiger partial charge >= 0.3 is 6.09 Å². The summed E-state index contributed by atoms with van der Waals surface area (Å²) < 4.78 is 36.1. The molecule has 0 aromatic heterocycles. The van der Waals surface area contributed by atoms with Gasteiger partial charge in [-0.05, 0) is 37.7 Å². The molecule has 7 heteroatoms. The van der Waals surface area contributed by atoms with Gasteiger partial charge in [0.05, 0.1) is 17.1 Å². The van der Waals surface area contributed by atoms with Crippen LogP contribution in [0.1, 0.15) is 37.7 Å². The molecule has 0 spiro atoms. The first-order valence-electron chi connectivity index (χ1n) is 9.33. The summed E-state index contributed by atoms with van der Waals surface area (Å²) in [5.41, 5.74) is 0.807. The third kappa shape index (κ3) is 5.20. The van der Waals surface area contributed by atoms with Crippen molar-refractivity contribution in [1.29, 1.82) is 0 Å². The second-order valence-electron chi connectivity index (χ2n) is 7.04. The SMILES string of the molecule is O=C(OC[C@@H]1CCCCO1)N1CCC(S(=O)(=O)Cc2ccccc2)CC1. The molecule has 0 aliphatic carbocycles. The number of rotatable bonds is 5. The summed E-state index contributed by atoms with van der Waals surface area (Å²) in [5, 5.41) is -0.395. The second-order valence-corrected chi connectivity index (χ2v) is 9.33. The third-order valence-electron chi connectivity index (χ3n) is 5.09. The third-order valence-corrected chi connectivity index (χ3v) is 7.31. The fourth-order valence-corrected chi connectivity index (χ4v) is 5.34. The minimum Gasteiger partial charge on any atom is -0.447 e. The van der Waals surface area contributed by atoms with E-state index in [1.807, 2.05) is 30.3 Å². The summed E-state index contributed by atoms with van der Waals surface area (Å²) in [6, 6.07) is 9.23. The van der Waals surface area contributed by atoms with Crippen molar-refractivity contribution < 1.29 is 22.7 Å². The number of hydrogen-bond donors (Lipinski definition) is 0. The number of benzene rings is 1. The average Bonchev–Trinajstić information content (AvgIpc) is 2.67. The van der Waals surface area contributed by atoms with Gasteiger partial charge in [-0.25, -0.2) is 13.2 Å². The number of carbonyl (C=O) groups is 1. The standard InChI is InChI=1S/C19H27NO5S/c21-19(25-14-17-8-4-5-13-24-17)20-11-9-18(10-12-20)26(22,23)15-16-6-2-1-3-7-16/h1-3,6-7,17-18H,4-5,8-15H2/t17-/m0/s1. The molecular weight excluding hydrogens is 354 g/mol. The van der Waals surface area contributed by atoms with Crippen molar-refractivity contribution in [2.75, 3.05) is 26.3 Å². The lowest BCUT2D eigenvalue weighted by Crippen LogP contribution is -2.43. The monoisotopic (exact) mass is 381 g/mol. The highest BCUT2D eigenvalue weighted by Crippen LogP contribution is 2.22. The van der Waals surface area contributed by atoms with E-state index in [4.69, 9.17) is 9.47 Å². The average molecular weight is 381 g/mol. The van der Waals surface area contributed by atoms with Gasteiger partial charge in [-0.1, -0.05) is 30.3 Å². The Bertz CT molecular complexity index is 677. The van der Waals surface area contributed by atoms with Crippen LogP contribution in [0.5, 0.6) is 0 Å². The lowest BCUT2D eigenvalue weighted by Gasteiger charge is -2.31. The van der Waals surface area contributed by atoms with Gasteiger partial charge in [0.15, 0.2) is 9.84 Å². The van der Waals surface area contributed by atoms with Gasteiger partial charge in [-0.15, -0.1) is 0 Å². The van der Waals surface area contributed by atoms with Gasteiger partial charge in [0.2, 0.25) is 0 Å². The summed E-state index contributed by atoms with van der Waals surface area (Å²) in [4.78, 5) is 13.8. The minimum atomic E-state index is -3.21. The summed E-state index contributed by atoms with van der Waals surface area (Å²) >= 11 is 0. The fourth-order valence-electron chi connectivity index (χ4n) is 3.52. The zero-order valence-corrected chi connectivity index (χ0v) is 15.8. The Kier molecular flexibility index (Phi) is 6.53. The molecule has 2 heterocycles. The lowest BCUT2D eigenvalue weighted by molar-refractivity contribution is -0.0286. The highest BCUT2D eigenvalue weighted by molar-refractivity contribution is 7.91. The van der Waals surface area contributed by atoms with Crippen LogP contribution in [0.3, 0.4) is 0 Å². The second kappa shape index (κ2) is 8.86. The molecule has 26 heavy (non-hydrogen) atoms. The Labute approximate surface area is 155 Å². The Hall–Kier alpha value is -1.60. The zero-order valence-electron chi connectivity index (χ0n) is 15.0. The molecule has 144 valence electrons. The number of hydrogen-bond acceptors (Lipinski definition) is 5. The Morgan fingerprint density at radius 1 is 1.12 bits per heavy atom. The molecule has 0 radical (unpaired) electrons. The molecule has 0 unspecified atom stereocenters. The summed E-state index contributed by atoms with van der Waals surface area (Å²) in [7, 11) is -3.21. The number of piperidine rings is 1. The van der Waals surface area contributed by atoms with Crippen molar-refractivity contribution in [2.24, 2.45) is 0 Å². The van der Waals surface area contributed by atoms with Crippen molar-refractivity contribution >= 4 is 15.9 Å². The van der Waals surface area contributed by atoms with Crippen molar-refractivity contribution in [1.82, 2.24) is 4.90 Å². The van der Waals surface area contributed by atoms with Gasteiger partial charge in [-0.3, -0.25) is 0 Å². The smallest absolute Gasteiger partial charge is 0.409 e. The van der Waals surface area contributed by atoms with E-state index < -0.39 is 15.1 Å². The Morgan fingerprint density at radius 2 is 1.85 bits per heavy atom. The topological polar surface area (TPSA) is 72.9 Å². The first-order valence-corrected chi connectivity index (χ1v) is 11.0. The molecule has 0 N–H and O–H groups in total. The number of ether oxygens (including phenoxy) is 2. The highest BCUT2D eigenvalue weighted by atomic mass is 32.2. The maximum Gasteiger partial charge on any atom is 0.409 e. The van der Waals surface area contributed by atoms with Gasteiger partial charge in [0, 0.05) is 19.7 Å². The van der Waals surface area contributed by atoms with Crippen molar-refractivity contribution in [3.05, 3.63) is 35.9 Å². The van der Waals surface area contributed by atoms with E-state index in [9.17, 15) is 13.2 Å². The maximum absolute atomic E-state index is 12.6. The van der Waals surface area contributed by atoms with E-state index in [-0.39, 0.29) is 24.6 Å². The number of sulfone groups is 1. The van der Waals surface area contributed by atoms with Gasteiger partial charge in [0.25, 0.3) is 0 Å². The molecule has 1 amide bonds. The zero-order chi connectivity index (χ0) is 18.4. The van der Waals surface area contributed by atoms with Crippen LogP contribution in [0.15, 0.2) is 30.3 Å².